The Morgan fingerprint density at radius 3 is 2.58 bits per heavy atom. The molecule has 2 aromatic carbocycles. The van der Waals surface area contributed by atoms with Gasteiger partial charge in [-0.25, -0.2) is 17.8 Å². The highest BCUT2D eigenvalue weighted by Gasteiger charge is 2.21. The molecule has 0 radical (unpaired) electrons. The minimum absolute atomic E-state index is 0.172. The van der Waals surface area contributed by atoms with Crippen LogP contribution in [-0.4, -0.2) is 25.1 Å². The molecular formula is C18H17FN2O4S. The summed E-state index contributed by atoms with van der Waals surface area (Å²) in [7, 11) is -3.61. The molecule has 3 aromatic rings. The molecular weight excluding hydrogens is 359 g/mol. The second kappa shape index (κ2) is 6.87. The van der Waals surface area contributed by atoms with E-state index < -0.39 is 21.8 Å². The first-order chi connectivity index (χ1) is 12.3. The molecule has 0 saturated heterocycles. The van der Waals surface area contributed by atoms with Gasteiger partial charge >= 0.3 is 0 Å². The van der Waals surface area contributed by atoms with Crippen molar-refractivity contribution in [3.8, 4) is 11.5 Å². The number of amides is 1. The number of carbonyl (C=O) groups is 1. The number of fused-ring (bicyclic) bond motifs is 1. The number of hydrogen-bond acceptors (Lipinski definition) is 5. The Labute approximate surface area is 150 Å². The molecule has 136 valence electrons. The summed E-state index contributed by atoms with van der Waals surface area (Å²) in [6.45, 7) is 3.07. The van der Waals surface area contributed by atoms with E-state index in [1.54, 1.807) is 37.3 Å². The Kier molecular flexibility index (Phi) is 4.78. The van der Waals surface area contributed by atoms with E-state index in [9.17, 15) is 17.6 Å². The predicted octanol–water partition coefficient (Wildman–Crippen LogP) is 3.20. The van der Waals surface area contributed by atoms with Crippen LogP contribution in [0.5, 0.6) is 0 Å². The molecule has 0 aliphatic carbocycles. The summed E-state index contributed by atoms with van der Waals surface area (Å²) in [5.41, 5.74) is 2.28. The van der Waals surface area contributed by atoms with Gasteiger partial charge in [0.2, 0.25) is 21.8 Å². The van der Waals surface area contributed by atoms with Crippen LogP contribution in [0.2, 0.25) is 0 Å². The van der Waals surface area contributed by atoms with Crippen molar-refractivity contribution >= 4 is 27.0 Å². The zero-order valence-corrected chi connectivity index (χ0v) is 15.0. The van der Waals surface area contributed by atoms with Crippen molar-refractivity contribution in [1.29, 1.82) is 0 Å². The van der Waals surface area contributed by atoms with Crippen LogP contribution in [0.3, 0.4) is 0 Å². The van der Waals surface area contributed by atoms with E-state index in [-0.39, 0.29) is 11.6 Å². The number of benzene rings is 2. The molecule has 1 N–H and O–H groups in total. The quantitative estimate of drug-likeness (QED) is 0.739. The fourth-order valence-corrected chi connectivity index (χ4v) is 3.02. The summed E-state index contributed by atoms with van der Waals surface area (Å²) in [6.07, 6.45) is 0. The van der Waals surface area contributed by atoms with E-state index in [2.05, 4.69) is 4.98 Å². The van der Waals surface area contributed by atoms with Crippen LogP contribution < -0.4 is 4.72 Å². The number of nitrogens with one attached hydrogen (secondary N) is 1. The lowest BCUT2D eigenvalue weighted by Crippen LogP contribution is -2.34. The molecule has 0 saturated carbocycles. The van der Waals surface area contributed by atoms with E-state index in [4.69, 9.17) is 4.42 Å². The molecule has 6 nitrogen and oxygen atoms in total. The van der Waals surface area contributed by atoms with E-state index in [0.717, 1.165) is 0 Å². The SMILES string of the molecule is CCS(=O)(=O)NC(=O)C(C)c1ccc2oc(-c3ccc(F)cc3)nc2c1. The smallest absolute Gasteiger partial charge is 0.240 e. The van der Waals surface area contributed by atoms with Gasteiger partial charge in [0.1, 0.15) is 11.3 Å². The van der Waals surface area contributed by atoms with Crippen LogP contribution in [0.1, 0.15) is 25.3 Å². The van der Waals surface area contributed by atoms with Crippen LogP contribution in [0.25, 0.3) is 22.6 Å². The average molecular weight is 376 g/mol. The molecule has 0 aliphatic heterocycles. The molecule has 1 aromatic heterocycles. The van der Waals surface area contributed by atoms with Gasteiger partial charge in [-0.15, -0.1) is 0 Å². The Hall–Kier alpha value is -2.74. The van der Waals surface area contributed by atoms with Crippen molar-refractivity contribution in [3.63, 3.8) is 0 Å². The van der Waals surface area contributed by atoms with Crippen LogP contribution in [0.4, 0.5) is 4.39 Å². The Morgan fingerprint density at radius 2 is 1.92 bits per heavy atom. The Balaban J connectivity index is 1.89. The number of oxazole rings is 1. The lowest BCUT2D eigenvalue weighted by Gasteiger charge is -2.12. The van der Waals surface area contributed by atoms with E-state index in [1.165, 1.54) is 19.1 Å². The molecule has 1 unspecified atom stereocenters. The molecule has 1 heterocycles. The number of carbonyl (C=O) groups excluding carboxylic acids is 1. The molecule has 0 aliphatic rings. The van der Waals surface area contributed by atoms with Crippen LogP contribution in [0.15, 0.2) is 46.9 Å². The van der Waals surface area contributed by atoms with Gasteiger partial charge < -0.3 is 4.42 Å². The number of nitrogens with zero attached hydrogens (tertiary/aromatic N) is 1. The summed E-state index contributed by atoms with van der Waals surface area (Å²) in [5, 5.41) is 0. The van der Waals surface area contributed by atoms with Crippen molar-refractivity contribution in [1.82, 2.24) is 9.71 Å². The maximum absolute atomic E-state index is 13.0. The standard InChI is InChI=1S/C18H17FN2O4S/c1-3-26(23,24)21-17(22)11(2)13-6-9-16-15(10-13)20-18(25-16)12-4-7-14(19)8-5-12/h4-11H,3H2,1-2H3,(H,21,22). The Morgan fingerprint density at radius 1 is 1.23 bits per heavy atom. The second-order valence-electron chi connectivity index (χ2n) is 5.84. The van der Waals surface area contributed by atoms with E-state index in [0.29, 0.717) is 28.1 Å². The fraction of sp³-hybridized carbons (Fsp3) is 0.222. The van der Waals surface area contributed by atoms with Gasteiger partial charge in [0, 0.05) is 5.56 Å². The fourth-order valence-electron chi connectivity index (χ4n) is 2.39. The summed E-state index contributed by atoms with van der Waals surface area (Å²) in [4.78, 5) is 16.5. The number of aromatic nitrogens is 1. The molecule has 0 spiro atoms. The van der Waals surface area contributed by atoms with Gasteiger partial charge in [-0.1, -0.05) is 6.07 Å². The van der Waals surface area contributed by atoms with Crippen molar-refractivity contribution in [2.45, 2.75) is 19.8 Å². The number of halogens is 1. The zero-order valence-electron chi connectivity index (χ0n) is 14.2. The molecule has 1 amide bonds. The lowest BCUT2D eigenvalue weighted by molar-refractivity contribution is -0.120. The highest BCUT2D eigenvalue weighted by molar-refractivity contribution is 7.90. The molecule has 26 heavy (non-hydrogen) atoms. The van der Waals surface area contributed by atoms with Gasteiger partial charge in [0.25, 0.3) is 0 Å². The van der Waals surface area contributed by atoms with Gasteiger partial charge in [-0.2, -0.15) is 0 Å². The highest BCUT2D eigenvalue weighted by atomic mass is 32.2. The summed E-state index contributed by atoms with van der Waals surface area (Å²) in [6, 6.07) is 10.8. The van der Waals surface area contributed by atoms with Gasteiger partial charge in [-0.3, -0.25) is 9.52 Å². The minimum Gasteiger partial charge on any atom is -0.436 e. The lowest BCUT2D eigenvalue weighted by atomic mass is 10.0. The third-order valence-corrected chi connectivity index (χ3v) is 5.30. The second-order valence-corrected chi connectivity index (χ2v) is 7.86. The molecule has 1 atom stereocenters. The van der Waals surface area contributed by atoms with Crippen molar-refractivity contribution in [2.75, 3.05) is 5.75 Å². The highest BCUT2D eigenvalue weighted by Crippen LogP contribution is 2.27. The predicted molar refractivity (Wildman–Crippen MR) is 95.4 cm³/mol. The number of rotatable bonds is 5. The van der Waals surface area contributed by atoms with E-state index in [1.807, 2.05) is 4.72 Å². The van der Waals surface area contributed by atoms with Crippen LogP contribution >= 0.6 is 0 Å². The van der Waals surface area contributed by atoms with Crippen LogP contribution in [0, 0.1) is 5.82 Å². The summed E-state index contributed by atoms with van der Waals surface area (Å²) < 4.78 is 43.8. The third-order valence-electron chi connectivity index (χ3n) is 4.03. The first kappa shape index (κ1) is 18.1. The van der Waals surface area contributed by atoms with Gasteiger partial charge in [-0.05, 0) is 55.8 Å². The van der Waals surface area contributed by atoms with E-state index >= 15 is 0 Å². The first-order valence-corrected chi connectivity index (χ1v) is 9.65. The maximum atomic E-state index is 13.0. The average Bonchev–Trinajstić information content (AvgIpc) is 3.04. The topological polar surface area (TPSA) is 89.3 Å². The normalized spacial score (nSPS) is 12.9. The monoisotopic (exact) mass is 376 g/mol. The minimum atomic E-state index is -3.61. The van der Waals surface area contributed by atoms with Gasteiger partial charge in [0.15, 0.2) is 5.58 Å². The zero-order chi connectivity index (χ0) is 18.9. The first-order valence-electron chi connectivity index (χ1n) is 8.00. The number of hydrogen-bond donors (Lipinski definition) is 1. The summed E-state index contributed by atoms with van der Waals surface area (Å²) in [5.74, 6) is -1.47. The largest absolute Gasteiger partial charge is 0.436 e. The maximum Gasteiger partial charge on any atom is 0.240 e. The molecule has 8 heteroatoms. The van der Waals surface area contributed by atoms with Crippen LogP contribution in [-0.2, 0) is 14.8 Å². The Bertz CT molecular complexity index is 1060. The molecule has 0 bridgehead atoms. The van der Waals surface area contributed by atoms with Crippen molar-refractivity contribution < 1.29 is 22.0 Å². The molecule has 3 rings (SSSR count). The van der Waals surface area contributed by atoms with Gasteiger partial charge in [0.05, 0.1) is 11.7 Å². The molecule has 0 fully saturated rings. The summed E-state index contributed by atoms with van der Waals surface area (Å²) >= 11 is 0. The van der Waals surface area contributed by atoms with Crippen molar-refractivity contribution in [3.05, 3.63) is 53.8 Å². The number of sulfonamides is 1. The third kappa shape index (κ3) is 3.75. The van der Waals surface area contributed by atoms with Crippen molar-refractivity contribution in [2.24, 2.45) is 0 Å².